The van der Waals surface area contributed by atoms with Crippen LogP contribution in [0, 0.1) is 19.3 Å². The van der Waals surface area contributed by atoms with Gasteiger partial charge in [-0.25, -0.2) is 24.0 Å². The zero-order chi connectivity index (χ0) is 41.5. The molecule has 1 aliphatic carbocycles. The lowest BCUT2D eigenvalue weighted by atomic mass is 9.99. The minimum atomic E-state index is -1.75. The molecule has 3 heterocycles. The van der Waals surface area contributed by atoms with Crippen LogP contribution in [0.1, 0.15) is 99.7 Å². The van der Waals surface area contributed by atoms with Gasteiger partial charge in [0.1, 0.15) is 29.9 Å². The van der Waals surface area contributed by atoms with Crippen molar-refractivity contribution in [1.82, 2.24) is 25.3 Å². The van der Waals surface area contributed by atoms with E-state index in [1.54, 1.807) is 57.3 Å². The van der Waals surface area contributed by atoms with Gasteiger partial charge in [0.15, 0.2) is 16.5 Å². The Labute approximate surface area is 336 Å². The van der Waals surface area contributed by atoms with Gasteiger partial charge in [0.05, 0.1) is 22.5 Å². The van der Waals surface area contributed by atoms with E-state index in [4.69, 9.17) is 29.0 Å². The van der Waals surface area contributed by atoms with E-state index in [1.807, 2.05) is 45.9 Å². The van der Waals surface area contributed by atoms with Gasteiger partial charge in [0, 0.05) is 42.8 Å². The van der Waals surface area contributed by atoms with Gasteiger partial charge < -0.3 is 24.3 Å². The molecule has 6 rings (SSSR count). The van der Waals surface area contributed by atoms with Crippen molar-refractivity contribution in [3.8, 4) is 17.1 Å². The lowest BCUT2D eigenvalue weighted by Crippen LogP contribution is -2.36. The van der Waals surface area contributed by atoms with Crippen LogP contribution >= 0.6 is 0 Å². The maximum Gasteiger partial charge on any atom is 0.412 e. The van der Waals surface area contributed by atoms with Crippen LogP contribution in [0.2, 0.25) is 0 Å². The number of aliphatic hydroxyl groups is 1. The molecule has 57 heavy (non-hydrogen) atoms. The number of anilines is 2. The number of fused-ring (bicyclic) bond motifs is 1. The second kappa shape index (κ2) is 18.3. The summed E-state index contributed by atoms with van der Waals surface area (Å²) in [7, 11) is -0.745. The Morgan fingerprint density at radius 3 is 2.40 bits per heavy atom. The normalized spacial score (nSPS) is 14.3. The van der Waals surface area contributed by atoms with E-state index in [0.717, 1.165) is 43.1 Å². The first-order valence-corrected chi connectivity index (χ1v) is 20.0. The molecular formula is C42H53N7O7S. The van der Waals surface area contributed by atoms with Gasteiger partial charge in [0.25, 0.3) is 0 Å². The van der Waals surface area contributed by atoms with E-state index in [9.17, 15) is 13.8 Å². The average Bonchev–Trinajstić information content (AvgIpc) is 3.79. The molecule has 14 nitrogen and oxygen atoms in total. The van der Waals surface area contributed by atoms with Gasteiger partial charge in [-0.3, -0.25) is 14.8 Å². The maximum absolute atomic E-state index is 13.4. The number of ether oxygens (including phenoxy) is 2. The number of aliphatic hydroxyl groups excluding tert-OH is 1. The van der Waals surface area contributed by atoms with Gasteiger partial charge in [0.2, 0.25) is 17.5 Å². The van der Waals surface area contributed by atoms with Crippen molar-refractivity contribution in [2.45, 2.75) is 104 Å². The van der Waals surface area contributed by atoms with Crippen LogP contribution in [0.25, 0.3) is 22.5 Å². The predicted octanol–water partition coefficient (Wildman–Crippen LogP) is 8.05. The van der Waals surface area contributed by atoms with Crippen LogP contribution < -0.4 is 20.1 Å². The number of aryl methyl sites for hydroxylation is 2. The Morgan fingerprint density at radius 1 is 1.05 bits per heavy atom. The first-order valence-electron chi connectivity index (χ1n) is 18.9. The third-order valence-corrected chi connectivity index (χ3v) is 10.4. The van der Waals surface area contributed by atoms with Crippen LogP contribution in [0.5, 0.6) is 5.88 Å². The van der Waals surface area contributed by atoms with E-state index in [0.29, 0.717) is 63.2 Å². The fourth-order valence-electron chi connectivity index (χ4n) is 6.32. The molecule has 1 fully saturated rings. The highest BCUT2D eigenvalue weighted by atomic mass is 32.2. The van der Waals surface area contributed by atoms with Gasteiger partial charge in [-0.15, -0.1) is 0 Å². The van der Waals surface area contributed by atoms with Crippen LogP contribution in [-0.2, 0) is 22.3 Å². The molecule has 0 aliphatic heterocycles. The number of hydrogen-bond acceptors (Lipinski definition) is 12. The highest BCUT2D eigenvalue weighted by Crippen LogP contribution is 2.49. The molecule has 4 N–H and O–H groups in total. The zero-order valence-electron chi connectivity index (χ0n) is 34.1. The Hall–Kier alpha value is -5.25. The summed E-state index contributed by atoms with van der Waals surface area (Å²) in [6, 6.07) is 14.3. The zero-order valence-corrected chi connectivity index (χ0v) is 34.9. The van der Waals surface area contributed by atoms with Gasteiger partial charge in [-0.2, -0.15) is 4.98 Å². The fraction of sp³-hybridized carbons (Fsp3) is 0.429. The fourth-order valence-corrected chi connectivity index (χ4v) is 7.14. The second-order valence-corrected chi connectivity index (χ2v) is 17.0. The molecule has 1 aliphatic rings. The minimum Gasteiger partial charge on any atom is -0.476 e. The number of rotatable bonds is 15. The topological polar surface area (TPSA) is 191 Å². The summed E-state index contributed by atoms with van der Waals surface area (Å²) < 4.78 is 34.3. The molecule has 0 saturated heterocycles. The Kier molecular flexibility index (Phi) is 13.8. The molecule has 0 spiro atoms. The third kappa shape index (κ3) is 11.4. The van der Waals surface area contributed by atoms with Gasteiger partial charge >= 0.3 is 6.09 Å². The standard InChI is InChI=1S/C41H49N7O6S.CH4O/c1-24(2)36-34(47-39(50)54-40(5,6)7)35-37(53-36)43-21-29(44-35)20-42-28(19-41(8)15-16-41)23-52-32-18-31(33-25(3)11-9-12-26(33)4)45-38(46-32)48-55(51)30-14-10-13-27(17-30)22-49;1-2/h9-14,17-18,21-22,24,28,42H,15-16,19-20,23H2,1-8H3,(H,47,50)(H,45,46,48);2H,1H3. The van der Waals surface area contributed by atoms with Gasteiger partial charge in [-0.05, 0) is 82.6 Å². The Balaban J connectivity index is 0.00000305. The summed E-state index contributed by atoms with van der Waals surface area (Å²) in [5, 5.41) is 13.5. The Morgan fingerprint density at radius 2 is 1.75 bits per heavy atom. The predicted molar refractivity (Wildman–Crippen MR) is 221 cm³/mol. The highest BCUT2D eigenvalue weighted by molar-refractivity contribution is 7.86. The van der Waals surface area contributed by atoms with Crippen molar-refractivity contribution in [2.24, 2.45) is 5.41 Å². The lowest BCUT2D eigenvalue weighted by molar-refractivity contribution is 0.0635. The quantitative estimate of drug-likeness (QED) is 0.0747. The molecule has 1 amide bonds. The van der Waals surface area contributed by atoms with Crippen LogP contribution in [0.15, 0.2) is 64.0 Å². The summed E-state index contributed by atoms with van der Waals surface area (Å²) in [6.07, 6.45) is 4.89. The number of carbonyl (C=O) groups excluding carboxylic acids is 2. The van der Waals surface area contributed by atoms with E-state index in [1.165, 1.54) is 0 Å². The minimum absolute atomic E-state index is 0.0373. The number of furan rings is 1. The number of hydrogen-bond donors (Lipinski definition) is 4. The molecule has 2 unspecified atom stereocenters. The number of nitrogens with one attached hydrogen (secondary N) is 3. The van der Waals surface area contributed by atoms with E-state index in [2.05, 4.69) is 32.2 Å². The number of benzene rings is 2. The lowest BCUT2D eigenvalue weighted by Gasteiger charge is -2.22. The third-order valence-electron chi connectivity index (χ3n) is 9.31. The molecular weight excluding hydrogens is 747 g/mol. The monoisotopic (exact) mass is 799 g/mol. The van der Waals surface area contributed by atoms with Crippen molar-refractivity contribution in [2.75, 3.05) is 23.8 Å². The molecule has 5 aromatic rings. The summed E-state index contributed by atoms with van der Waals surface area (Å²) in [6.45, 7) is 16.3. The van der Waals surface area contributed by atoms with Crippen molar-refractivity contribution < 1.29 is 32.8 Å². The number of carbonyl (C=O) groups is 2. The molecule has 304 valence electrons. The number of aldehydes is 1. The number of nitrogens with zero attached hydrogens (tertiary/aromatic N) is 4. The van der Waals surface area contributed by atoms with Crippen molar-refractivity contribution in [1.29, 1.82) is 0 Å². The molecule has 2 atom stereocenters. The largest absolute Gasteiger partial charge is 0.476 e. The van der Waals surface area contributed by atoms with E-state index < -0.39 is 22.7 Å². The summed E-state index contributed by atoms with van der Waals surface area (Å²) in [5.41, 5.74) is 5.42. The molecule has 1 saturated carbocycles. The SMILES string of the molecule is CO.Cc1cccc(C)c1-c1cc(OCC(CC2(C)CC2)NCc2cnc3oc(C(C)C)c(NC(=O)OC(C)(C)C)c3n2)nc(NS(=O)c2cccc(C=O)c2)n1. The first kappa shape index (κ1) is 42.9. The van der Waals surface area contributed by atoms with Crippen LogP contribution in [0.3, 0.4) is 0 Å². The van der Waals surface area contributed by atoms with E-state index in [-0.39, 0.29) is 29.9 Å². The van der Waals surface area contributed by atoms with Crippen molar-refractivity contribution in [3.63, 3.8) is 0 Å². The summed E-state index contributed by atoms with van der Waals surface area (Å²) in [5.74, 6) is 0.977. The van der Waals surface area contributed by atoms with Gasteiger partial charge in [-0.1, -0.05) is 51.1 Å². The number of amides is 1. The molecule has 0 bridgehead atoms. The number of aromatic nitrogens is 4. The average molecular weight is 800 g/mol. The molecule has 0 radical (unpaired) electrons. The van der Waals surface area contributed by atoms with Crippen molar-refractivity contribution in [3.05, 3.63) is 82.9 Å². The first-order chi connectivity index (χ1) is 27.1. The maximum atomic E-state index is 13.4. The van der Waals surface area contributed by atoms with E-state index >= 15 is 0 Å². The highest BCUT2D eigenvalue weighted by Gasteiger charge is 2.39. The molecule has 15 heteroatoms. The van der Waals surface area contributed by atoms with Crippen LogP contribution in [0.4, 0.5) is 16.4 Å². The second-order valence-electron chi connectivity index (χ2n) is 15.8. The molecule has 3 aromatic heterocycles. The van der Waals surface area contributed by atoms with Crippen LogP contribution in [-0.4, -0.2) is 67.0 Å². The smallest absolute Gasteiger partial charge is 0.412 e. The molecule has 2 aromatic carbocycles. The summed E-state index contributed by atoms with van der Waals surface area (Å²) >= 11 is 0. The Bertz CT molecular complexity index is 2210. The van der Waals surface area contributed by atoms with Crippen molar-refractivity contribution >= 4 is 46.2 Å². The summed E-state index contributed by atoms with van der Waals surface area (Å²) in [4.78, 5) is 43.3.